The van der Waals surface area contributed by atoms with E-state index in [1.165, 1.54) is 57.8 Å². The summed E-state index contributed by atoms with van der Waals surface area (Å²) in [6.45, 7) is 3.01. The van der Waals surface area contributed by atoms with Gasteiger partial charge < -0.3 is 44.6 Å². The van der Waals surface area contributed by atoms with E-state index in [1.54, 1.807) is 0 Å². The van der Waals surface area contributed by atoms with Gasteiger partial charge in [-0.25, -0.2) is 9.13 Å². The number of phosphoric acid groups is 2. The Kier molecular flexibility index (Phi) is 35.2. The van der Waals surface area contributed by atoms with Crippen molar-refractivity contribution in [2.24, 2.45) is 0 Å². The van der Waals surface area contributed by atoms with Gasteiger partial charge in [0.25, 0.3) is 0 Å². The first-order valence-corrected chi connectivity index (χ1v) is 26.9. The van der Waals surface area contributed by atoms with Crippen LogP contribution in [0.5, 0.6) is 0 Å². The van der Waals surface area contributed by atoms with Crippen LogP contribution in [0.15, 0.2) is 60.8 Å². The number of aliphatic hydroxyl groups is 4. The standard InChI is InChI=1S/C47H82O16P2/c1-3-5-7-9-11-13-15-17-19-20-22-23-25-27-29-31-33-35-40(48)59-37-39(61-41(49)36-34-32-30-28-26-24-21-18-16-14-12-10-8-6-4-2)38-60-65(57,58)63-47-44(52)42(50)43(51)46(45(47)53)62-64(54,55)56/h12,14,17-19,21-23,27,29,39,42-47,50-53H,3-11,13,15-16,20,24-26,28,30-38H2,1-2H3,(H,57,58)(H2,54,55,56). The molecular weight excluding hydrogens is 882 g/mol. The van der Waals surface area contributed by atoms with E-state index in [0.29, 0.717) is 19.3 Å². The second kappa shape index (κ2) is 37.7. The van der Waals surface area contributed by atoms with Gasteiger partial charge in [0, 0.05) is 12.8 Å². The molecule has 0 aliphatic heterocycles. The Morgan fingerprint density at radius 1 is 0.492 bits per heavy atom. The molecule has 16 nitrogen and oxygen atoms in total. The highest BCUT2D eigenvalue weighted by atomic mass is 31.2. The first-order valence-electron chi connectivity index (χ1n) is 23.8. The fraction of sp³-hybridized carbons (Fsp3) is 0.745. The van der Waals surface area contributed by atoms with Crippen LogP contribution >= 0.6 is 15.6 Å². The molecule has 0 amide bonds. The van der Waals surface area contributed by atoms with Crippen molar-refractivity contribution in [3.63, 3.8) is 0 Å². The molecule has 65 heavy (non-hydrogen) atoms. The lowest BCUT2D eigenvalue weighted by Gasteiger charge is -2.43. The third-order valence-corrected chi connectivity index (χ3v) is 12.1. The van der Waals surface area contributed by atoms with Crippen LogP contribution in [0.3, 0.4) is 0 Å². The van der Waals surface area contributed by atoms with Gasteiger partial charge >= 0.3 is 27.6 Å². The molecule has 0 aromatic heterocycles. The summed E-state index contributed by atoms with van der Waals surface area (Å²) in [7, 11) is -10.7. The number of allylic oxidation sites excluding steroid dienone is 10. The molecule has 0 aromatic rings. The highest BCUT2D eigenvalue weighted by Gasteiger charge is 2.54. The summed E-state index contributed by atoms with van der Waals surface area (Å²) in [6, 6.07) is 0. The fourth-order valence-corrected chi connectivity index (χ4v) is 8.37. The lowest BCUT2D eigenvalue weighted by Crippen LogP contribution is -2.64. The molecule has 1 aliphatic rings. The number of aliphatic hydroxyl groups excluding tert-OH is 4. The van der Waals surface area contributed by atoms with E-state index >= 15 is 0 Å². The van der Waals surface area contributed by atoms with Crippen molar-refractivity contribution >= 4 is 27.6 Å². The summed E-state index contributed by atoms with van der Waals surface area (Å²) in [4.78, 5) is 54.2. The maximum absolute atomic E-state index is 13.0. The van der Waals surface area contributed by atoms with E-state index in [0.717, 1.165) is 64.2 Å². The third kappa shape index (κ3) is 32.2. The van der Waals surface area contributed by atoms with Crippen molar-refractivity contribution in [2.45, 2.75) is 211 Å². The van der Waals surface area contributed by atoms with Gasteiger partial charge in [0.15, 0.2) is 6.10 Å². The molecule has 0 saturated heterocycles. The summed E-state index contributed by atoms with van der Waals surface area (Å²) in [6.07, 6.45) is 29.0. The molecule has 7 N–H and O–H groups in total. The highest BCUT2D eigenvalue weighted by molar-refractivity contribution is 7.47. The van der Waals surface area contributed by atoms with Crippen molar-refractivity contribution in [1.82, 2.24) is 0 Å². The first kappa shape index (κ1) is 60.7. The summed E-state index contributed by atoms with van der Waals surface area (Å²) in [5.41, 5.74) is 0. The van der Waals surface area contributed by atoms with E-state index in [4.69, 9.17) is 18.5 Å². The molecule has 18 heteroatoms. The molecule has 0 radical (unpaired) electrons. The summed E-state index contributed by atoms with van der Waals surface area (Å²) in [5.74, 6) is -1.29. The molecule has 1 fully saturated rings. The van der Waals surface area contributed by atoms with Gasteiger partial charge in [-0.1, -0.05) is 139 Å². The predicted molar refractivity (Wildman–Crippen MR) is 250 cm³/mol. The second-order valence-electron chi connectivity index (χ2n) is 16.5. The van der Waals surface area contributed by atoms with Crippen LogP contribution in [0.2, 0.25) is 0 Å². The van der Waals surface area contributed by atoms with Crippen LogP contribution in [0.25, 0.3) is 0 Å². The predicted octanol–water partition coefficient (Wildman–Crippen LogP) is 9.06. The maximum atomic E-state index is 13.0. The lowest BCUT2D eigenvalue weighted by molar-refractivity contribution is -0.216. The number of carbonyl (C=O) groups is 2. The van der Waals surface area contributed by atoms with Gasteiger partial charge in [0.2, 0.25) is 0 Å². The zero-order chi connectivity index (χ0) is 48.2. The average molecular weight is 965 g/mol. The largest absolute Gasteiger partial charge is 0.472 e. The van der Waals surface area contributed by atoms with E-state index < -0.39 is 83.5 Å². The molecule has 0 spiro atoms. The highest BCUT2D eigenvalue weighted by Crippen LogP contribution is 2.49. The van der Waals surface area contributed by atoms with E-state index in [9.17, 15) is 53.8 Å². The monoisotopic (exact) mass is 965 g/mol. The summed E-state index contributed by atoms with van der Waals surface area (Å²) in [5, 5.41) is 41.2. The Morgan fingerprint density at radius 3 is 1.43 bits per heavy atom. The zero-order valence-electron chi connectivity index (χ0n) is 38.9. The van der Waals surface area contributed by atoms with Gasteiger partial charge in [0.05, 0.1) is 6.61 Å². The third-order valence-electron chi connectivity index (χ3n) is 10.6. The van der Waals surface area contributed by atoms with Gasteiger partial charge in [-0.15, -0.1) is 0 Å². The smallest absolute Gasteiger partial charge is 0.462 e. The average Bonchev–Trinajstić information content (AvgIpc) is 3.26. The van der Waals surface area contributed by atoms with Gasteiger partial charge in [-0.05, 0) is 77.0 Å². The van der Waals surface area contributed by atoms with Crippen LogP contribution in [-0.4, -0.2) is 103 Å². The molecule has 376 valence electrons. The first-order chi connectivity index (χ1) is 31.1. The maximum Gasteiger partial charge on any atom is 0.472 e. The molecular formula is C47H82O16P2. The van der Waals surface area contributed by atoms with E-state index in [1.807, 2.05) is 12.2 Å². The molecule has 8 atom stereocenters. The van der Waals surface area contributed by atoms with Crippen LogP contribution in [0, 0.1) is 0 Å². The number of hydrogen-bond acceptors (Lipinski definition) is 13. The number of esters is 2. The molecule has 0 aromatic carbocycles. The molecule has 8 unspecified atom stereocenters. The Hall–Kier alpha value is -2.30. The van der Waals surface area contributed by atoms with Gasteiger partial charge in [0.1, 0.15) is 43.2 Å². The molecule has 0 heterocycles. The quantitative estimate of drug-likeness (QED) is 0.0131. The number of phosphoric ester groups is 2. The van der Waals surface area contributed by atoms with E-state index in [-0.39, 0.29) is 12.8 Å². The molecule has 1 saturated carbocycles. The SMILES string of the molecule is CCCCCC=CCC=CCCCCCCCC(=O)OC(COC(=O)CCCC=CCC=CCC=CCCCCCCCC)COP(=O)(O)OC1C(O)C(O)C(O)C(OP(=O)(O)O)C1O. The van der Waals surface area contributed by atoms with Crippen molar-refractivity contribution < 1.29 is 76.9 Å². The Morgan fingerprint density at radius 2 is 0.908 bits per heavy atom. The Balaban J connectivity index is 2.64. The molecule has 0 bridgehead atoms. The summed E-state index contributed by atoms with van der Waals surface area (Å²) < 4.78 is 49.3. The van der Waals surface area contributed by atoms with Crippen molar-refractivity contribution in [1.29, 1.82) is 0 Å². The number of carbonyl (C=O) groups excluding carboxylic acids is 2. The Bertz CT molecular complexity index is 1490. The topological polar surface area (TPSA) is 256 Å². The van der Waals surface area contributed by atoms with E-state index in [2.05, 4.69) is 67.0 Å². The zero-order valence-corrected chi connectivity index (χ0v) is 40.7. The molecule has 1 aliphatic carbocycles. The minimum Gasteiger partial charge on any atom is -0.462 e. The normalized spacial score (nSPS) is 22.2. The van der Waals surface area contributed by atoms with Crippen LogP contribution in [0.4, 0.5) is 0 Å². The van der Waals surface area contributed by atoms with Crippen LogP contribution < -0.4 is 0 Å². The second-order valence-corrected chi connectivity index (χ2v) is 19.1. The van der Waals surface area contributed by atoms with Crippen molar-refractivity contribution in [3.8, 4) is 0 Å². The number of rotatable bonds is 39. The van der Waals surface area contributed by atoms with Crippen molar-refractivity contribution in [3.05, 3.63) is 60.8 Å². The van der Waals surface area contributed by atoms with Gasteiger partial charge in [-0.3, -0.25) is 23.2 Å². The number of hydrogen-bond donors (Lipinski definition) is 7. The number of unbranched alkanes of at least 4 members (excludes halogenated alkanes) is 15. The molecule has 1 rings (SSSR count). The Labute approximate surface area is 388 Å². The van der Waals surface area contributed by atoms with Crippen LogP contribution in [-0.2, 0) is 41.8 Å². The fourth-order valence-electron chi connectivity index (χ4n) is 6.84. The lowest BCUT2D eigenvalue weighted by atomic mass is 9.85. The van der Waals surface area contributed by atoms with Crippen LogP contribution in [0.1, 0.15) is 168 Å². The minimum absolute atomic E-state index is 0.0152. The number of ether oxygens (including phenoxy) is 2. The summed E-state index contributed by atoms with van der Waals surface area (Å²) >= 11 is 0. The van der Waals surface area contributed by atoms with Gasteiger partial charge in [-0.2, -0.15) is 0 Å². The minimum atomic E-state index is -5.37. The van der Waals surface area contributed by atoms with Crippen molar-refractivity contribution in [2.75, 3.05) is 13.2 Å².